The molecule has 20 heavy (non-hydrogen) atoms. The summed E-state index contributed by atoms with van der Waals surface area (Å²) >= 11 is 0. The molecule has 2 rings (SSSR count). The highest BCUT2D eigenvalue weighted by Gasteiger charge is 2.47. The molecule has 1 N–H and O–H groups in total. The minimum atomic E-state index is -0.365. The first-order valence-electron chi connectivity index (χ1n) is 8.57. The van der Waals surface area contributed by atoms with E-state index in [1.165, 1.54) is 25.7 Å². The Kier molecular flexibility index (Phi) is 5.49. The van der Waals surface area contributed by atoms with Crippen LogP contribution in [0.15, 0.2) is 0 Å². The average Bonchev–Trinajstić information content (AvgIpc) is 2.92. The van der Waals surface area contributed by atoms with Gasteiger partial charge in [-0.3, -0.25) is 0 Å². The summed E-state index contributed by atoms with van der Waals surface area (Å²) in [5.74, 6) is 0.327. The smallest absolute Gasteiger partial charge is 0.0937 e. The molecule has 0 radical (unpaired) electrons. The molecule has 1 heterocycles. The first-order valence-corrected chi connectivity index (χ1v) is 8.57. The van der Waals surface area contributed by atoms with E-state index in [1.54, 1.807) is 0 Å². The highest BCUT2D eigenvalue weighted by atomic mass is 16.5. The van der Waals surface area contributed by atoms with Gasteiger partial charge in [0.15, 0.2) is 0 Å². The van der Waals surface area contributed by atoms with Gasteiger partial charge in [-0.2, -0.15) is 0 Å². The molecule has 2 fully saturated rings. The van der Waals surface area contributed by atoms with Crippen molar-refractivity contribution in [2.75, 3.05) is 13.2 Å². The standard InChI is InChI=1S/C17H32O3/c1-4-17(5-2,19-6-3)15(18)14-9-12-20-16(13-14)10-7-8-11-16/h14-15,18H,4-13H2,1-3H3. The molecule has 0 aromatic rings. The first kappa shape index (κ1) is 16.3. The molecule has 0 amide bonds. The molecular weight excluding hydrogens is 252 g/mol. The van der Waals surface area contributed by atoms with Crippen LogP contribution < -0.4 is 0 Å². The monoisotopic (exact) mass is 284 g/mol. The van der Waals surface area contributed by atoms with E-state index in [0.717, 1.165) is 32.3 Å². The van der Waals surface area contributed by atoms with Gasteiger partial charge in [0.2, 0.25) is 0 Å². The van der Waals surface area contributed by atoms with E-state index in [4.69, 9.17) is 9.47 Å². The van der Waals surface area contributed by atoms with E-state index in [0.29, 0.717) is 12.5 Å². The van der Waals surface area contributed by atoms with Crippen molar-refractivity contribution in [3.63, 3.8) is 0 Å². The molecule has 118 valence electrons. The van der Waals surface area contributed by atoms with Crippen molar-refractivity contribution in [1.29, 1.82) is 0 Å². The van der Waals surface area contributed by atoms with Crippen LogP contribution in [0.3, 0.4) is 0 Å². The summed E-state index contributed by atoms with van der Waals surface area (Å²) in [4.78, 5) is 0. The molecule has 3 heteroatoms. The highest BCUT2D eigenvalue weighted by Crippen LogP contribution is 2.45. The van der Waals surface area contributed by atoms with Crippen LogP contribution in [-0.4, -0.2) is 35.6 Å². The predicted octanol–water partition coefficient (Wildman–Crippen LogP) is 3.68. The van der Waals surface area contributed by atoms with Crippen LogP contribution >= 0.6 is 0 Å². The summed E-state index contributed by atoms with van der Waals surface area (Å²) < 4.78 is 12.1. The molecule has 3 nitrogen and oxygen atoms in total. The third-order valence-electron chi connectivity index (χ3n) is 5.66. The Balaban J connectivity index is 2.08. The van der Waals surface area contributed by atoms with Crippen molar-refractivity contribution in [3.8, 4) is 0 Å². The summed E-state index contributed by atoms with van der Waals surface area (Å²) in [5, 5.41) is 11.0. The van der Waals surface area contributed by atoms with E-state index in [9.17, 15) is 5.11 Å². The second-order valence-electron chi connectivity index (χ2n) is 6.64. The molecule has 0 aromatic heterocycles. The van der Waals surface area contributed by atoms with E-state index in [-0.39, 0.29) is 17.3 Å². The zero-order chi connectivity index (χ0) is 14.6. The summed E-state index contributed by atoms with van der Waals surface area (Å²) in [7, 11) is 0. The largest absolute Gasteiger partial charge is 0.390 e. The van der Waals surface area contributed by atoms with E-state index < -0.39 is 0 Å². The molecule has 1 spiro atoms. The lowest BCUT2D eigenvalue weighted by molar-refractivity contribution is -0.176. The van der Waals surface area contributed by atoms with Gasteiger partial charge in [0.1, 0.15) is 0 Å². The topological polar surface area (TPSA) is 38.7 Å². The fraction of sp³-hybridized carbons (Fsp3) is 1.00. The van der Waals surface area contributed by atoms with Crippen LogP contribution in [0.5, 0.6) is 0 Å². The Morgan fingerprint density at radius 3 is 2.45 bits per heavy atom. The molecule has 1 aliphatic carbocycles. The molecule has 2 aliphatic rings. The Morgan fingerprint density at radius 1 is 1.25 bits per heavy atom. The Hall–Kier alpha value is -0.120. The fourth-order valence-electron chi connectivity index (χ4n) is 4.38. The Bertz CT molecular complexity index is 293. The second kappa shape index (κ2) is 6.76. The first-order chi connectivity index (χ1) is 9.61. The summed E-state index contributed by atoms with van der Waals surface area (Å²) in [6.45, 7) is 7.76. The number of hydrogen-bond acceptors (Lipinski definition) is 3. The van der Waals surface area contributed by atoms with Crippen LogP contribution in [0.25, 0.3) is 0 Å². The minimum absolute atomic E-state index is 0.0728. The molecule has 2 atom stereocenters. The molecule has 2 unspecified atom stereocenters. The van der Waals surface area contributed by atoms with Gasteiger partial charge in [-0.25, -0.2) is 0 Å². The van der Waals surface area contributed by atoms with Crippen molar-refractivity contribution >= 4 is 0 Å². The van der Waals surface area contributed by atoms with Crippen LogP contribution in [-0.2, 0) is 9.47 Å². The molecule has 1 saturated carbocycles. The van der Waals surface area contributed by atoms with Gasteiger partial charge in [0.05, 0.1) is 17.3 Å². The normalized spacial score (nSPS) is 27.9. The van der Waals surface area contributed by atoms with Crippen molar-refractivity contribution in [2.45, 2.75) is 89.4 Å². The Labute approximate surface area is 124 Å². The van der Waals surface area contributed by atoms with Crippen molar-refractivity contribution in [1.82, 2.24) is 0 Å². The summed E-state index contributed by atoms with van der Waals surface area (Å²) in [6.07, 6.45) is 8.29. The highest BCUT2D eigenvalue weighted by molar-refractivity contribution is 4.98. The maximum absolute atomic E-state index is 11.0. The molecule has 0 aromatic carbocycles. The van der Waals surface area contributed by atoms with Gasteiger partial charge >= 0.3 is 0 Å². The number of hydrogen-bond donors (Lipinski definition) is 1. The molecular formula is C17H32O3. The fourth-order valence-corrected chi connectivity index (χ4v) is 4.38. The summed E-state index contributed by atoms with van der Waals surface area (Å²) in [5.41, 5.74) is -0.292. The third kappa shape index (κ3) is 3.05. The van der Waals surface area contributed by atoms with E-state index >= 15 is 0 Å². The van der Waals surface area contributed by atoms with E-state index in [1.807, 2.05) is 6.92 Å². The van der Waals surface area contributed by atoms with Gasteiger partial charge in [0, 0.05) is 13.2 Å². The number of ether oxygens (including phenoxy) is 2. The molecule has 1 saturated heterocycles. The Morgan fingerprint density at radius 2 is 1.90 bits per heavy atom. The van der Waals surface area contributed by atoms with Gasteiger partial charge in [0.25, 0.3) is 0 Å². The average molecular weight is 284 g/mol. The third-order valence-corrected chi connectivity index (χ3v) is 5.66. The summed E-state index contributed by atoms with van der Waals surface area (Å²) in [6, 6.07) is 0. The number of rotatable bonds is 6. The lowest BCUT2D eigenvalue weighted by atomic mass is 9.74. The minimum Gasteiger partial charge on any atom is -0.390 e. The van der Waals surface area contributed by atoms with Crippen LogP contribution in [0.2, 0.25) is 0 Å². The van der Waals surface area contributed by atoms with Crippen molar-refractivity contribution in [3.05, 3.63) is 0 Å². The zero-order valence-electron chi connectivity index (χ0n) is 13.5. The lowest BCUT2D eigenvalue weighted by Gasteiger charge is -2.45. The van der Waals surface area contributed by atoms with Crippen LogP contribution in [0.1, 0.15) is 72.1 Å². The van der Waals surface area contributed by atoms with Crippen molar-refractivity contribution < 1.29 is 14.6 Å². The predicted molar refractivity (Wildman–Crippen MR) is 80.8 cm³/mol. The van der Waals surface area contributed by atoms with Gasteiger partial charge in [-0.05, 0) is 51.4 Å². The maximum Gasteiger partial charge on any atom is 0.0937 e. The van der Waals surface area contributed by atoms with Crippen LogP contribution in [0.4, 0.5) is 0 Å². The quantitative estimate of drug-likeness (QED) is 0.808. The van der Waals surface area contributed by atoms with Crippen molar-refractivity contribution in [2.24, 2.45) is 5.92 Å². The van der Waals surface area contributed by atoms with Gasteiger partial charge < -0.3 is 14.6 Å². The zero-order valence-corrected chi connectivity index (χ0v) is 13.5. The SMILES string of the molecule is CCOC(CC)(CC)C(O)C1CCOC2(CCCC2)C1. The number of aliphatic hydroxyl groups is 1. The molecule has 1 aliphatic heterocycles. The van der Waals surface area contributed by atoms with E-state index in [2.05, 4.69) is 13.8 Å². The lowest BCUT2D eigenvalue weighted by Crippen LogP contribution is -2.52. The second-order valence-corrected chi connectivity index (χ2v) is 6.64. The van der Waals surface area contributed by atoms with Crippen LogP contribution in [0, 0.1) is 5.92 Å². The molecule has 0 bridgehead atoms. The maximum atomic E-state index is 11.0. The van der Waals surface area contributed by atoms with Gasteiger partial charge in [-0.1, -0.05) is 26.7 Å². The number of aliphatic hydroxyl groups excluding tert-OH is 1. The van der Waals surface area contributed by atoms with Gasteiger partial charge in [-0.15, -0.1) is 0 Å².